The number of morpholine rings is 1. The van der Waals surface area contributed by atoms with Crippen LogP contribution in [0.2, 0.25) is 5.02 Å². The zero-order valence-electron chi connectivity index (χ0n) is 17.5. The number of anilines is 1. The fourth-order valence-corrected chi connectivity index (χ4v) is 4.71. The SMILES string of the molecule is CN1C(=O)N(CCN2CCOCC2)C(=O)C2C1=NC1=[N+]2CCCN1c1ccc(Cl)cc1. The molecule has 2 fully saturated rings. The number of rotatable bonds is 4. The molecule has 1 aromatic rings. The highest BCUT2D eigenvalue weighted by Gasteiger charge is 2.54. The molecule has 1 aromatic carbocycles. The number of likely N-dealkylation sites (N-methyl/N-ethyl adjacent to an activating group) is 1. The van der Waals surface area contributed by atoms with Crippen molar-refractivity contribution in [3.05, 3.63) is 29.3 Å². The van der Waals surface area contributed by atoms with Crippen LogP contribution < -0.4 is 4.90 Å². The first-order valence-corrected chi connectivity index (χ1v) is 11.1. The second-order valence-corrected chi connectivity index (χ2v) is 8.57. The average Bonchev–Trinajstić information content (AvgIpc) is 3.19. The van der Waals surface area contributed by atoms with Gasteiger partial charge in [0.15, 0.2) is 0 Å². The first kappa shape index (κ1) is 20.4. The lowest BCUT2D eigenvalue weighted by Crippen LogP contribution is -2.64. The molecule has 164 valence electrons. The van der Waals surface area contributed by atoms with Crippen LogP contribution >= 0.6 is 11.6 Å². The molecule has 2 saturated heterocycles. The van der Waals surface area contributed by atoms with Crippen LogP contribution in [0, 0.1) is 0 Å². The van der Waals surface area contributed by atoms with Gasteiger partial charge < -0.3 is 4.74 Å². The number of amides is 3. The zero-order chi connectivity index (χ0) is 21.5. The van der Waals surface area contributed by atoms with Crippen LogP contribution in [0.4, 0.5) is 10.5 Å². The molecule has 1 atom stereocenters. The lowest BCUT2D eigenvalue weighted by Gasteiger charge is -2.36. The molecule has 5 rings (SSSR count). The van der Waals surface area contributed by atoms with Crippen molar-refractivity contribution in [3.8, 4) is 0 Å². The van der Waals surface area contributed by atoms with E-state index < -0.39 is 6.04 Å². The van der Waals surface area contributed by atoms with Crippen molar-refractivity contribution >= 4 is 41.0 Å². The van der Waals surface area contributed by atoms with Gasteiger partial charge in [0, 0.05) is 44.7 Å². The quantitative estimate of drug-likeness (QED) is 0.645. The van der Waals surface area contributed by atoms with Gasteiger partial charge in [0.05, 0.1) is 26.3 Å². The Hall–Kier alpha value is -2.49. The maximum absolute atomic E-state index is 13.4. The van der Waals surface area contributed by atoms with Crippen molar-refractivity contribution in [2.45, 2.75) is 12.5 Å². The number of nitrogens with zero attached hydrogens (tertiary/aromatic N) is 6. The number of hydrogen-bond acceptors (Lipinski definition) is 6. The van der Waals surface area contributed by atoms with E-state index in [9.17, 15) is 9.59 Å². The summed E-state index contributed by atoms with van der Waals surface area (Å²) in [5.74, 6) is 1.04. The summed E-state index contributed by atoms with van der Waals surface area (Å²) >= 11 is 6.05. The first-order valence-electron chi connectivity index (χ1n) is 10.7. The van der Waals surface area contributed by atoms with E-state index in [1.807, 2.05) is 28.8 Å². The van der Waals surface area contributed by atoms with Crippen molar-refractivity contribution in [1.29, 1.82) is 0 Å². The number of ether oxygens (including phenoxy) is 1. The van der Waals surface area contributed by atoms with E-state index in [-0.39, 0.29) is 11.9 Å². The molecule has 0 spiro atoms. The molecule has 0 N–H and O–H groups in total. The Bertz CT molecular complexity index is 956. The number of aliphatic imine (C=N–C) groups is 1. The Labute approximate surface area is 186 Å². The van der Waals surface area contributed by atoms with Crippen LogP contribution in [-0.2, 0) is 9.53 Å². The lowest BCUT2D eigenvalue weighted by atomic mass is 10.1. The summed E-state index contributed by atoms with van der Waals surface area (Å²) in [4.78, 5) is 38.4. The maximum Gasteiger partial charge on any atom is 0.397 e. The first-order chi connectivity index (χ1) is 15.0. The fraction of sp³-hybridized carbons (Fsp3) is 0.524. The molecule has 9 nitrogen and oxygen atoms in total. The highest BCUT2D eigenvalue weighted by molar-refractivity contribution is 6.30. The number of hydrogen-bond donors (Lipinski definition) is 0. The Kier molecular flexibility index (Phi) is 5.41. The van der Waals surface area contributed by atoms with Crippen LogP contribution in [-0.4, -0.2) is 109 Å². The number of fused-ring (bicyclic) bond motifs is 2. The summed E-state index contributed by atoms with van der Waals surface area (Å²) < 4.78 is 7.41. The van der Waals surface area contributed by atoms with Gasteiger partial charge in [0.1, 0.15) is 5.69 Å². The van der Waals surface area contributed by atoms with E-state index in [1.54, 1.807) is 7.05 Å². The number of halogens is 1. The van der Waals surface area contributed by atoms with E-state index in [2.05, 4.69) is 9.80 Å². The number of amidine groups is 1. The van der Waals surface area contributed by atoms with Crippen LogP contribution in [0.3, 0.4) is 0 Å². The third-order valence-electron chi connectivity index (χ3n) is 6.29. The second-order valence-electron chi connectivity index (χ2n) is 8.13. The Balaban J connectivity index is 1.41. The van der Waals surface area contributed by atoms with Gasteiger partial charge >= 0.3 is 12.0 Å². The number of benzene rings is 1. The molecule has 31 heavy (non-hydrogen) atoms. The molecular weight excluding hydrogens is 420 g/mol. The van der Waals surface area contributed by atoms with Crippen LogP contribution in [0.15, 0.2) is 29.3 Å². The number of carbonyl (C=O) groups is 2. The van der Waals surface area contributed by atoms with E-state index in [0.29, 0.717) is 37.2 Å². The van der Waals surface area contributed by atoms with Gasteiger partial charge in [-0.2, -0.15) is 0 Å². The summed E-state index contributed by atoms with van der Waals surface area (Å²) in [6.45, 7) is 5.56. The molecule has 0 bridgehead atoms. The molecule has 0 saturated carbocycles. The highest BCUT2D eigenvalue weighted by atomic mass is 35.5. The molecule has 0 radical (unpaired) electrons. The zero-order valence-corrected chi connectivity index (χ0v) is 18.3. The summed E-state index contributed by atoms with van der Waals surface area (Å²) in [5.41, 5.74) is 0.970. The Morgan fingerprint density at radius 1 is 1.13 bits per heavy atom. The van der Waals surface area contributed by atoms with Gasteiger partial charge in [-0.3, -0.25) is 19.5 Å². The summed E-state index contributed by atoms with van der Waals surface area (Å²) in [6, 6.07) is 6.72. The minimum absolute atomic E-state index is 0.192. The largest absolute Gasteiger partial charge is 0.397 e. The van der Waals surface area contributed by atoms with Crippen LogP contribution in [0.5, 0.6) is 0 Å². The van der Waals surface area contributed by atoms with Crippen LogP contribution in [0.1, 0.15) is 6.42 Å². The van der Waals surface area contributed by atoms with Gasteiger partial charge in [-0.15, -0.1) is 0 Å². The van der Waals surface area contributed by atoms with Gasteiger partial charge in [-0.1, -0.05) is 16.6 Å². The lowest BCUT2D eigenvalue weighted by molar-refractivity contribution is -0.539. The van der Waals surface area contributed by atoms with Crippen molar-refractivity contribution in [2.24, 2.45) is 4.99 Å². The molecule has 0 aliphatic carbocycles. The standard InChI is InChI=1S/C21H26ClN6O3/c1-24-18-17(19(29)28(21(24)30)10-9-25-11-13-31-14-12-25)27-8-2-7-26(20(27)23-18)16-5-3-15(22)4-6-16/h3-6,17H,2,7-14H2,1H3/q+1. The second kappa shape index (κ2) is 8.22. The molecule has 4 aliphatic rings. The van der Waals surface area contributed by atoms with Gasteiger partial charge in [0.2, 0.25) is 11.9 Å². The average molecular weight is 446 g/mol. The van der Waals surface area contributed by atoms with Crippen molar-refractivity contribution in [2.75, 3.05) is 64.4 Å². The number of guanidine groups is 1. The fourth-order valence-electron chi connectivity index (χ4n) is 4.59. The van der Waals surface area contributed by atoms with Gasteiger partial charge in [-0.25, -0.2) is 14.3 Å². The van der Waals surface area contributed by atoms with Crippen LogP contribution in [0.25, 0.3) is 0 Å². The minimum atomic E-state index is -0.558. The van der Waals surface area contributed by atoms with E-state index in [1.165, 1.54) is 9.80 Å². The molecular formula is C21H26ClN6O3+. The molecule has 0 aromatic heterocycles. The highest BCUT2D eigenvalue weighted by Crippen LogP contribution is 2.27. The molecule has 3 amide bonds. The number of carbonyl (C=O) groups excluding carboxylic acids is 2. The van der Waals surface area contributed by atoms with Crippen molar-refractivity contribution < 1.29 is 18.9 Å². The maximum atomic E-state index is 13.4. The predicted molar refractivity (Wildman–Crippen MR) is 117 cm³/mol. The Morgan fingerprint density at radius 2 is 1.87 bits per heavy atom. The Morgan fingerprint density at radius 3 is 2.61 bits per heavy atom. The van der Waals surface area contributed by atoms with Gasteiger partial charge in [0.25, 0.3) is 5.91 Å². The number of urea groups is 1. The van der Waals surface area contributed by atoms with E-state index in [0.717, 1.165) is 44.2 Å². The topological polar surface area (TPSA) is 71.7 Å². The molecule has 10 heteroatoms. The summed E-state index contributed by atoms with van der Waals surface area (Å²) in [5, 5.41) is 0.672. The predicted octanol–water partition coefficient (Wildman–Crippen LogP) is 0.926. The van der Waals surface area contributed by atoms with E-state index in [4.69, 9.17) is 21.3 Å². The van der Waals surface area contributed by atoms with Gasteiger partial charge in [-0.05, 0) is 24.3 Å². The van der Waals surface area contributed by atoms with E-state index >= 15 is 0 Å². The third kappa shape index (κ3) is 3.60. The normalized spacial score (nSPS) is 24.5. The van der Waals surface area contributed by atoms with Crippen molar-refractivity contribution in [1.82, 2.24) is 14.7 Å². The van der Waals surface area contributed by atoms with Crippen molar-refractivity contribution in [3.63, 3.8) is 0 Å². The molecule has 4 aliphatic heterocycles. The minimum Gasteiger partial charge on any atom is -0.379 e. The molecule has 1 unspecified atom stereocenters. The smallest absolute Gasteiger partial charge is 0.379 e. The summed E-state index contributed by atoms with van der Waals surface area (Å²) in [6.07, 6.45) is 0.893. The number of imide groups is 1. The third-order valence-corrected chi connectivity index (χ3v) is 6.55. The molecule has 4 heterocycles. The monoisotopic (exact) mass is 445 g/mol. The summed E-state index contributed by atoms with van der Waals surface area (Å²) in [7, 11) is 1.70.